The van der Waals surface area contributed by atoms with Gasteiger partial charge in [-0.2, -0.15) is 0 Å². The molecule has 2 aliphatic rings. The number of likely N-dealkylation sites (tertiary alicyclic amines) is 1. The summed E-state index contributed by atoms with van der Waals surface area (Å²) >= 11 is 0. The summed E-state index contributed by atoms with van der Waals surface area (Å²) in [6.45, 7) is 0.142. The molecule has 1 saturated carbocycles. The van der Waals surface area contributed by atoms with Gasteiger partial charge in [0.15, 0.2) is 0 Å². The van der Waals surface area contributed by atoms with Crippen LogP contribution in [0.25, 0.3) is 17.0 Å². The molecule has 0 spiro atoms. The number of carbonyl (C=O) groups is 3. The van der Waals surface area contributed by atoms with Crippen LogP contribution in [0.1, 0.15) is 32.1 Å². The Morgan fingerprint density at radius 3 is 2.45 bits per heavy atom. The summed E-state index contributed by atoms with van der Waals surface area (Å²) in [5.74, 6) is -0.151. The maximum atomic E-state index is 12.5. The van der Waals surface area contributed by atoms with Crippen molar-refractivity contribution in [3.63, 3.8) is 0 Å². The van der Waals surface area contributed by atoms with Gasteiger partial charge in [0.2, 0.25) is 23.5 Å². The topological polar surface area (TPSA) is 96.7 Å². The van der Waals surface area contributed by atoms with Crippen LogP contribution in [0.3, 0.4) is 0 Å². The number of aromatic nitrogens is 3. The van der Waals surface area contributed by atoms with E-state index in [9.17, 15) is 14.4 Å². The highest BCUT2D eigenvalue weighted by molar-refractivity contribution is 6.05. The van der Waals surface area contributed by atoms with Crippen LogP contribution in [0.2, 0.25) is 0 Å². The van der Waals surface area contributed by atoms with Crippen LogP contribution in [0.4, 0.5) is 5.69 Å². The normalized spacial score (nSPS) is 20.8. The summed E-state index contributed by atoms with van der Waals surface area (Å²) in [6.07, 6.45) is 9.14. The van der Waals surface area contributed by atoms with Gasteiger partial charge in [0.25, 0.3) is 0 Å². The lowest BCUT2D eigenvalue weighted by Crippen LogP contribution is -2.34. The molecule has 2 atom stereocenters. The zero-order chi connectivity index (χ0) is 21.4. The van der Waals surface area contributed by atoms with E-state index in [4.69, 9.17) is 0 Å². The van der Waals surface area contributed by atoms with Crippen LogP contribution in [-0.4, -0.2) is 43.5 Å². The molecule has 158 valence electrons. The van der Waals surface area contributed by atoms with Crippen molar-refractivity contribution < 1.29 is 14.4 Å². The molecule has 1 N–H and O–H groups in total. The van der Waals surface area contributed by atoms with Gasteiger partial charge in [-0.15, -0.1) is 0 Å². The van der Waals surface area contributed by atoms with Gasteiger partial charge in [0.05, 0.1) is 17.5 Å². The van der Waals surface area contributed by atoms with Crippen molar-refractivity contribution in [1.29, 1.82) is 0 Å². The highest BCUT2D eigenvalue weighted by Gasteiger charge is 2.47. The molecular weight excluding hydrogens is 394 g/mol. The molecule has 5 rings (SSSR count). The van der Waals surface area contributed by atoms with E-state index >= 15 is 0 Å². The number of hydrogen-bond donors (Lipinski definition) is 1. The molecule has 2 fully saturated rings. The minimum atomic E-state index is -0.222. The standard InChI is InChI=1S/C23H23N5O3/c29-20(10-13-28-21(30)17-4-1-2-5-18(17)22(28)31)25-16-8-6-15(7-9-16)19-14-27-12-3-11-24-23(27)26-19/h3,6-9,11-12,14,17-18H,1-2,4-5,10,13H2,(H,25,29)/t17-,18-/m0/s1. The first kappa shape index (κ1) is 19.4. The van der Waals surface area contributed by atoms with Crippen molar-refractivity contribution in [2.24, 2.45) is 11.8 Å². The highest BCUT2D eigenvalue weighted by atomic mass is 16.2. The molecule has 1 saturated heterocycles. The van der Waals surface area contributed by atoms with E-state index in [0.29, 0.717) is 11.5 Å². The lowest BCUT2D eigenvalue weighted by Gasteiger charge is -2.19. The third kappa shape index (κ3) is 3.69. The number of carbonyl (C=O) groups excluding carboxylic acids is 3. The minimum Gasteiger partial charge on any atom is -0.326 e. The summed E-state index contributed by atoms with van der Waals surface area (Å²) in [6, 6.07) is 9.23. The molecule has 8 nitrogen and oxygen atoms in total. The van der Waals surface area contributed by atoms with Crippen LogP contribution in [-0.2, 0) is 14.4 Å². The fraction of sp³-hybridized carbons (Fsp3) is 0.348. The molecule has 0 radical (unpaired) electrons. The number of amides is 3. The van der Waals surface area contributed by atoms with Gasteiger partial charge in [-0.1, -0.05) is 25.0 Å². The Labute approximate surface area is 179 Å². The van der Waals surface area contributed by atoms with Crippen molar-refractivity contribution >= 4 is 29.2 Å². The molecule has 1 aliphatic carbocycles. The average Bonchev–Trinajstić information content (AvgIpc) is 3.33. The molecule has 31 heavy (non-hydrogen) atoms. The Hall–Kier alpha value is -3.55. The van der Waals surface area contributed by atoms with Gasteiger partial charge < -0.3 is 5.32 Å². The van der Waals surface area contributed by atoms with Crippen molar-refractivity contribution in [2.45, 2.75) is 32.1 Å². The largest absolute Gasteiger partial charge is 0.326 e. The summed E-state index contributed by atoms with van der Waals surface area (Å²) in [7, 11) is 0. The molecule has 1 aliphatic heterocycles. The maximum Gasteiger partial charge on any atom is 0.234 e. The number of nitrogens with zero attached hydrogens (tertiary/aromatic N) is 4. The van der Waals surface area contributed by atoms with Crippen molar-refractivity contribution in [3.8, 4) is 11.3 Å². The van der Waals surface area contributed by atoms with Crippen molar-refractivity contribution in [3.05, 3.63) is 48.9 Å². The van der Waals surface area contributed by atoms with Gasteiger partial charge in [0.1, 0.15) is 0 Å². The van der Waals surface area contributed by atoms with Crippen LogP contribution >= 0.6 is 0 Å². The Morgan fingerprint density at radius 1 is 1.06 bits per heavy atom. The van der Waals surface area contributed by atoms with E-state index in [2.05, 4.69) is 15.3 Å². The maximum absolute atomic E-state index is 12.5. The lowest BCUT2D eigenvalue weighted by molar-refractivity contribution is -0.140. The Morgan fingerprint density at radius 2 is 1.77 bits per heavy atom. The summed E-state index contributed by atoms with van der Waals surface area (Å²) in [4.78, 5) is 47.4. The van der Waals surface area contributed by atoms with Crippen LogP contribution in [0.5, 0.6) is 0 Å². The molecule has 2 aromatic heterocycles. The lowest BCUT2D eigenvalue weighted by atomic mass is 9.81. The molecule has 0 bridgehead atoms. The zero-order valence-electron chi connectivity index (χ0n) is 17.0. The first-order valence-corrected chi connectivity index (χ1v) is 10.7. The van der Waals surface area contributed by atoms with Gasteiger partial charge in [0, 0.05) is 42.8 Å². The predicted octanol–water partition coefficient (Wildman–Crippen LogP) is 2.90. The van der Waals surface area contributed by atoms with E-state index in [1.165, 1.54) is 4.90 Å². The molecule has 3 heterocycles. The van der Waals surface area contributed by atoms with Crippen molar-refractivity contribution in [2.75, 3.05) is 11.9 Å². The van der Waals surface area contributed by atoms with Gasteiger partial charge >= 0.3 is 0 Å². The zero-order valence-corrected chi connectivity index (χ0v) is 17.0. The number of nitrogens with one attached hydrogen (secondary N) is 1. The van der Waals surface area contributed by atoms with Crippen LogP contribution in [0.15, 0.2) is 48.9 Å². The quantitative estimate of drug-likeness (QED) is 0.644. The molecule has 8 heteroatoms. The second kappa shape index (κ2) is 7.94. The number of hydrogen-bond acceptors (Lipinski definition) is 5. The monoisotopic (exact) mass is 417 g/mol. The second-order valence-corrected chi connectivity index (χ2v) is 8.15. The number of imidazole rings is 1. The minimum absolute atomic E-state index is 0.0940. The smallest absolute Gasteiger partial charge is 0.234 e. The second-order valence-electron chi connectivity index (χ2n) is 8.15. The number of fused-ring (bicyclic) bond motifs is 2. The molecule has 1 aromatic carbocycles. The fourth-order valence-electron chi connectivity index (χ4n) is 4.58. The summed E-state index contributed by atoms with van der Waals surface area (Å²) in [5, 5.41) is 2.84. The van der Waals surface area contributed by atoms with Crippen LogP contribution < -0.4 is 5.32 Å². The highest BCUT2D eigenvalue weighted by Crippen LogP contribution is 2.38. The fourth-order valence-corrected chi connectivity index (χ4v) is 4.58. The van der Waals surface area contributed by atoms with Gasteiger partial charge in [-0.3, -0.25) is 23.7 Å². The number of benzene rings is 1. The third-order valence-corrected chi connectivity index (χ3v) is 6.19. The van der Waals surface area contributed by atoms with Gasteiger partial charge in [-0.05, 0) is 31.0 Å². The average molecular weight is 417 g/mol. The molecular formula is C23H23N5O3. The summed E-state index contributed by atoms with van der Waals surface area (Å²) < 4.78 is 1.85. The predicted molar refractivity (Wildman–Crippen MR) is 114 cm³/mol. The molecule has 3 amide bonds. The van der Waals surface area contributed by atoms with E-state index in [1.54, 1.807) is 6.20 Å². The van der Waals surface area contributed by atoms with E-state index in [1.807, 2.05) is 47.1 Å². The SMILES string of the molecule is O=C(CCN1C(=O)[C@H]2CCCC[C@@H]2C1=O)Nc1ccc(-c2cn3cccnc3n2)cc1. The van der Waals surface area contributed by atoms with Crippen LogP contribution in [0, 0.1) is 11.8 Å². The summed E-state index contributed by atoms with van der Waals surface area (Å²) in [5.41, 5.74) is 2.37. The Kier molecular flexibility index (Phi) is 4.97. The van der Waals surface area contributed by atoms with E-state index in [0.717, 1.165) is 36.9 Å². The first-order chi connectivity index (χ1) is 15.1. The van der Waals surface area contributed by atoms with E-state index in [-0.39, 0.29) is 42.5 Å². The molecule has 3 aromatic rings. The number of anilines is 1. The van der Waals surface area contributed by atoms with E-state index < -0.39 is 0 Å². The first-order valence-electron chi connectivity index (χ1n) is 10.7. The number of imide groups is 1. The Bertz CT molecular complexity index is 1100. The van der Waals surface area contributed by atoms with Gasteiger partial charge in [-0.25, -0.2) is 9.97 Å². The Balaban J connectivity index is 1.19. The number of rotatable bonds is 5. The van der Waals surface area contributed by atoms with Crippen molar-refractivity contribution in [1.82, 2.24) is 19.3 Å². The molecule has 0 unspecified atom stereocenters. The third-order valence-electron chi connectivity index (χ3n) is 6.19.